The summed E-state index contributed by atoms with van der Waals surface area (Å²) in [7, 11) is 1.61. The van der Waals surface area contributed by atoms with Gasteiger partial charge in [-0.25, -0.2) is 4.98 Å². The van der Waals surface area contributed by atoms with Gasteiger partial charge in [-0.2, -0.15) is 0 Å². The number of nitrogens with zero attached hydrogens (tertiary/aromatic N) is 2. The summed E-state index contributed by atoms with van der Waals surface area (Å²) in [6.45, 7) is 3.98. The first-order valence-electron chi connectivity index (χ1n) is 7.46. The van der Waals surface area contributed by atoms with Gasteiger partial charge in [0.25, 0.3) is 5.56 Å². The molecule has 0 aliphatic carbocycles. The Morgan fingerprint density at radius 2 is 1.96 bits per heavy atom. The van der Waals surface area contributed by atoms with Crippen molar-refractivity contribution < 1.29 is 4.74 Å². The van der Waals surface area contributed by atoms with Crippen LogP contribution < -0.4 is 10.3 Å². The first-order chi connectivity index (χ1) is 11.2. The first kappa shape index (κ1) is 15.6. The van der Waals surface area contributed by atoms with E-state index in [1.165, 1.54) is 0 Å². The van der Waals surface area contributed by atoms with E-state index in [2.05, 4.69) is 0 Å². The lowest BCUT2D eigenvalue weighted by atomic mass is 10.1. The summed E-state index contributed by atoms with van der Waals surface area (Å²) < 4.78 is 7.09. The van der Waals surface area contributed by atoms with Crippen LogP contribution in [0.25, 0.3) is 16.6 Å². The molecule has 0 bridgehead atoms. The molecule has 1 heterocycles. The van der Waals surface area contributed by atoms with Crippen molar-refractivity contribution >= 4 is 22.7 Å². The molecule has 0 aliphatic heterocycles. The summed E-state index contributed by atoms with van der Waals surface area (Å²) >= 11 is 1.55. The summed E-state index contributed by atoms with van der Waals surface area (Å²) in [6.07, 6.45) is 0. The predicted octanol–water partition coefficient (Wildman–Crippen LogP) is 3.81. The molecule has 0 fully saturated rings. The smallest absolute Gasteiger partial charge is 0.267 e. The minimum atomic E-state index is -0.0615. The van der Waals surface area contributed by atoms with Crippen molar-refractivity contribution in [3.8, 4) is 11.4 Å². The monoisotopic (exact) mass is 326 g/mol. The number of para-hydroxylation sites is 2. The highest BCUT2D eigenvalue weighted by Crippen LogP contribution is 2.27. The Labute approximate surface area is 139 Å². The topological polar surface area (TPSA) is 44.1 Å². The fourth-order valence-electron chi connectivity index (χ4n) is 2.63. The van der Waals surface area contributed by atoms with E-state index in [0.717, 1.165) is 16.8 Å². The molecule has 0 N–H and O–H groups in total. The Bertz CT molecular complexity index is 919. The summed E-state index contributed by atoms with van der Waals surface area (Å²) in [6, 6.07) is 13.3. The fraction of sp³-hybridized carbons (Fsp3) is 0.222. The van der Waals surface area contributed by atoms with Gasteiger partial charge in [0.15, 0.2) is 5.16 Å². The maximum Gasteiger partial charge on any atom is 0.267 e. The number of hydrogen-bond acceptors (Lipinski definition) is 4. The summed E-state index contributed by atoms with van der Waals surface area (Å²) in [5.41, 5.74) is 2.32. The van der Waals surface area contributed by atoms with Crippen molar-refractivity contribution in [2.75, 3.05) is 12.9 Å². The Hall–Kier alpha value is -2.27. The molecule has 0 unspecified atom stereocenters. The van der Waals surface area contributed by atoms with E-state index in [9.17, 15) is 4.79 Å². The van der Waals surface area contributed by atoms with Crippen LogP contribution in [0.2, 0.25) is 0 Å². The minimum Gasteiger partial charge on any atom is -0.495 e. The van der Waals surface area contributed by atoms with E-state index in [4.69, 9.17) is 9.72 Å². The largest absolute Gasteiger partial charge is 0.495 e. The standard InChI is InChI=1S/C18H18N2O2S/c1-4-23-18-19-13-9-7-8-12(2)16(13)17(21)20(18)14-10-5-6-11-15(14)22-3/h5-11H,4H2,1-3H3. The van der Waals surface area contributed by atoms with Gasteiger partial charge >= 0.3 is 0 Å². The molecule has 0 aliphatic rings. The molecule has 0 saturated carbocycles. The van der Waals surface area contributed by atoms with Crippen LogP contribution >= 0.6 is 11.8 Å². The van der Waals surface area contributed by atoms with Crippen molar-refractivity contribution in [3.05, 3.63) is 58.4 Å². The number of thioether (sulfide) groups is 1. The Kier molecular flexibility index (Phi) is 4.39. The van der Waals surface area contributed by atoms with Crippen molar-refractivity contribution in [1.29, 1.82) is 0 Å². The number of ether oxygens (including phenoxy) is 1. The SMILES string of the molecule is CCSc1nc2cccc(C)c2c(=O)n1-c1ccccc1OC. The van der Waals surface area contributed by atoms with Crippen molar-refractivity contribution in [2.24, 2.45) is 0 Å². The molecule has 0 atom stereocenters. The maximum absolute atomic E-state index is 13.2. The number of hydrogen-bond donors (Lipinski definition) is 0. The lowest BCUT2D eigenvalue weighted by molar-refractivity contribution is 0.411. The zero-order valence-electron chi connectivity index (χ0n) is 13.4. The molecule has 0 radical (unpaired) electrons. The van der Waals surface area contributed by atoms with Crippen LogP contribution in [-0.4, -0.2) is 22.4 Å². The van der Waals surface area contributed by atoms with Crippen LogP contribution in [0.4, 0.5) is 0 Å². The molecule has 118 valence electrons. The van der Waals surface area contributed by atoms with Gasteiger partial charge in [0.2, 0.25) is 0 Å². The highest BCUT2D eigenvalue weighted by atomic mass is 32.2. The van der Waals surface area contributed by atoms with Gasteiger partial charge in [-0.3, -0.25) is 9.36 Å². The summed E-state index contributed by atoms with van der Waals surface area (Å²) in [5.74, 6) is 1.49. The molecule has 0 amide bonds. The average molecular weight is 326 g/mol. The summed E-state index contributed by atoms with van der Waals surface area (Å²) in [4.78, 5) is 17.9. The average Bonchev–Trinajstić information content (AvgIpc) is 2.55. The molecule has 2 aromatic carbocycles. The molecule has 0 saturated heterocycles. The van der Waals surface area contributed by atoms with Gasteiger partial charge in [-0.15, -0.1) is 0 Å². The second kappa shape index (κ2) is 6.46. The van der Waals surface area contributed by atoms with Crippen molar-refractivity contribution in [1.82, 2.24) is 9.55 Å². The van der Waals surface area contributed by atoms with Crippen molar-refractivity contribution in [3.63, 3.8) is 0 Å². The number of benzene rings is 2. The van der Waals surface area contributed by atoms with E-state index in [1.54, 1.807) is 23.4 Å². The zero-order chi connectivity index (χ0) is 16.4. The van der Waals surface area contributed by atoms with Crippen LogP contribution in [-0.2, 0) is 0 Å². The van der Waals surface area contributed by atoms with E-state index in [0.29, 0.717) is 22.0 Å². The van der Waals surface area contributed by atoms with E-state index in [-0.39, 0.29) is 5.56 Å². The molecule has 23 heavy (non-hydrogen) atoms. The second-order valence-corrected chi connectivity index (χ2v) is 6.34. The Morgan fingerprint density at radius 1 is 1.17 bits per heavy atom. The zero-order valence-corrected chi connectivity index (χ0v) is 14.2. The van der Waals surface area contributed by atoms with E-state index >= 15 is 0 Å². The van der Waals surface area contributed by atoms with Gasteiger partial charge < -0.3 is 4.74 Å². The van der Waals surface area contributed by atoms with Gasteiger partial charge in [0.05, 0.1) is 23.7 Å². The molecular weight excluding hydrogens is 308 g/mol. The molecule has 3 aromatic rings. The Balaban J connectivity index is 2.43. The molecule has 5 heteroatoms. The van der Waals surface area contributed by atoms with Gasteiger partial charge in [0, 0.05) is 0 Å². The number of aryl methyl sites for hydroxylation is 1. The minimum absolute atomic E-state index is 0.0615. The molecule has 1 aromatic heterocycles. The highest BCUT2D eigenvalue weighted by molar-refractivity contribution is 7.99. The molecule has 4 nitrogen and oxygen atoms in total. The third-order valence-electron chi connectivity index (χ3n) is 3.67. The van der Waals surface area contributed by atoms with Crippen LogP contribution in [0.3, 0.4) is 0 Å². The highest BCUT2D eigenvalue weighted by Gasteiger charge is 2.16. The number of fused-ring (bicyclic) bond motifs is 1. The second-order valence-electron chi connectivity index (χ2n) is 5.11. The third kappa shape index (κ3) is 2.72. The Morgan fingerprint density at radius 3 is 2.70 bits per heavy atom. The lowest BCUT2D eigenvalue weighted by Gasteiger charge is -2.15. The number of rotatable bonds is 4. The van der Waals surface area contributed by atoms with Crippen LogP contribution in [0.15, 0.2) is 52.4 Å². The maximum atomic E-state index is 13.2. The normalized spacial score (nSPS) is 10.9. The first-order valence-corrected chi connectivity index (χ1v) is 8.44. The van der Waals surface area contributed by atoms with Crippen LogP contribution in [0.5, 0.6) is 5.75 Å². The van der Waals surface area contributed by atoms with Crippen LogP contribution in [0.1, 0.15) is 12.5 Å². The summed E-state index contributed by atoms with van der Waals surface area (Å²) in [5, 5.41) is 1.33. The van der Waals surface area contributed by atoms with Crippen molar-refractivity contribution in [2.45, 2.75) is 19.0 Å². The molecule has 0 spiro atoms. The van der Waals surface area contributed by atoms with Crippen LogP contribution in [0, 0.1) is 6.92 Å². The third-order valence-corrected chi connectivity index (χ3v) is 4.50. The van der Waals surface area contributed by atoms with Gasteiger partial charge in [-0.1, -0.05) is 43.0 Å². The lowest BCUT2D eigenvalue weighted by Crippen LogP contribution is -2.23. The van der Waals surface area contributed by atoms with Gasteiger partial charge in [-0.05, 0) is 36.4 Å². The molecule has 3 rings (SSSR count). The van der Waals surface area contributed by atoms with E-state index in [1.807, 2.05) is 56.3 Å². The number of aromatic nitrogens is 2. The fourth-order valence-corrected chi connectivity index (χ4v) is 3.36. The quantitative estimate of drug-likeness (QED) is 0.540. The predicted molar refractivity (Wildman–Crippen MR) is 95.0 cm³/mol. The van der Waals surface area contributed by atoms with E-state index < -0.39 is 0 Å². The van der Waals surface area contributed by atoms with Gasteiger partial charge in [0.1, 0.15) is 5.75 Å². The molecular formula is C18H18N2O2S. The number of methoxy groups -OCH3 is 1.